The van der Waals surface area contributed by atoms with Crippen molar-refractivity contribution < 1.29 is 23.5 Å². The zero-order valence-corrected chi connectivity index (χ0v) is 19.7. The summed E-state index contributed by atoms with van der Waals surface area (Å²) in [6.07, 6.45) is 0. The average Bonchev–Trinajstić information content (AvgIpc) is 3.36. The Morgan fingerprint density at radius 1 is 1.05 bits per heavy atom. The molecule has 1 fully saturated rings. The molecule has 0 spiro atoms. The Morgan fingerprint density at radius 3 is 2.35 bits per heavy atom. The summed E-state index contributed by atoms with van der Waals surface area (Å²) in [4.78, 5) is 39.3. The van der Waals surface area contributed by atoms with E-state index in [1.807, 2.05) is 0 Å². The zero-order valence-electron chi connectivity index (χ0n) is 19.7. The molecule has 3 aromatic carbocycles. The maximum atomic E-state index is 13.2. The standard InChI is InChI=1S/C28H21FN4O4/c1-37-22-11-8-20-15-33(25(34)23(20)14-22)16-28(26(35)31-27(36)32-28)13-12-17-2-4-18(5-3-17)24(30)19-6-9-21(29)10-7-19/h2-11,14,30H,15-16H2,1H3,(H2,31,32,35,36). The van der Waals surface area contributed by atoms with Crippen molar-refractivity contribution in [3.05, 3.63) is 100 Å². The fraction of sp³-hybridized carbons (Fsp3) is 0.143. The van der Waals surface area contributed by atoms with Gasteiger partial charge in [-0.25, -0.2) is 9.18 Å². The second-order valence-electron chi connectivity index (χ2n) is 8.71. The number of methoxy groups -OCH3 is 1. The molecule has 8 nitrogen and oxygen atoms in total. The van der Waals surface area contributed by atoms with Crippen LogP contribution in [-0.2, 0) is 11.3 Å². The Kier molecular flexibility index (Phi) is 5.93. The van der Waals surface area contributed by atoms with Crippen molar-refractivity contribution in [2.24, 2.45) is 0 Å². The van der Waals surface area contributed by atoms with Crippen LogP contribution in [0.25, 0.3) is 0 Å². The molecule has 37 heavy (non-hydrogen) atoms. The number of ether oxygens (including phenoxy) is 1. The van der Waals surface area contributed by atoms with Crippen LogP contribution in [0.5, 0.6) is 5.75 Å². The fourth-order valence-electron chi connectivity index (χ4n) is 4.29. The third-order valence-corrected chi connectivity index (χ3v) is 6.29. The van der Waals surface area contributed by atoms with Gasteiger partial charge in [-0.15, -0.1) is 0 Å². The van der Waals surface area contributed by atoms with Gasteiger partial charge in [0.15, 0.2) is 0 Å². The number of rotatable bonds is 5. The Bertz CT molecular complexity index is 1510. The number of hydrogen-bond donors (Lipinski definition) is 3. The molecule has 9 heteroatoms. The molecule has 2 aliphatic rings. The van der Waals surface area contributed by atoms with Gasteiger partial charge in [0.05, 0.1) is 19.4 Å². The monoisotopic (exact) mass is 496 g/mol. The first-order valence-corrected chi connectivity index (χ1v) is 11.4. The van der Waals surface area contributed by atoms with Gasteiger partial charge in [0.1, 0.15) is 11.6 Å². The Labute approximate surface area is 211 Å². The summed E-state index contributed by atoms with van der Waals surface area (Å²) >= 11 is 0. The molecule has 0 saturated carbocycles. The number of halogens is 1. The van der Waals surface area contributed by atoms with E-state index in [-0.39, 0.29) is 30.5 Å². The maximum Gasteiger partial charge on any atom is 0.323 e. The highest BCUT2D eigenvalue weighted by Gasteiger charge is 2.48. The highest BCUT2D eigenvalue weighted by atomic mass is 19.1. The van der Waals surface area contributed by atoms with Crippen LogP contribution >= 0.6 is 0 Å². The third kappa shape index (κ3) is 4.52. The van der Waals surface area contributed by atoms with Gasteiger partial charge in [0.2, 0.25) is 5.54 Å². The SMILES string of the molecule is COc1ccc2c(c1)C(=O)N(CC1(C#Cc3ccc(C(=N)c4ccc(F)cc4)cc3)NC(=O)NC1=O)C2. The maximum absolute atomic E-state index is 13.2. The molecule has 4 amide bonds. The van der Waals surface area contributed by atoms with E-state index in [2.05, 4.69) is 22.5 Å². The summed E-state index contributed by atoms with van der Waals surface area (Å²) in [6.45, 7) is 0.131. The lowest BCUT2D eigenvalue weighted by Gasteiger charge is -2.26. The number of nitrogens with one attached hydrogen (secondary N) is 3. The quantitative estimate of drug-likeness (QED) is 0.287. The van der Waals surface area contributed by atoms with Gasteiger partial charge in [-0.1, -0.05) is 30.0 Å². The first kappa shape index (κ1) is 23.8. The number of nitrogens with zero attached hydrogens (tertiary/aromatic N) is 1. The van der Waals surface area contributed by atoms with E-state index in [0.29, 0.717) is 28.0 Å². The highest BCUT2D eigenvalue weighted by molar-refractivity contribution is 6.11. The van der Waals surface area contributed by atoms with Crippen LogP contribution in [0.15, 0.2) is 66.7 Å². The van der Waals surface area contributed by atoms with Crippen LogP contribution in [0.1, 0.15) is 32.6 Å². The first-order valence-electron chi connectivity index (χ1n) is 11.4. The van der Waals surface area contributed by atoms with Crippen molar-refractivity contribution >= 4 is 23.6 Å². The molecule has 0 aliphatic carbocycles. The normalized spacial score (nSPS) is 18.0. The number of carbonyl (C=O) groups excluding carboxylic acids is 3. The van der Waals surface area contributed by atoms with Crippen LogP contribution in [-0.4, -0.2) is 47.7 Å². The lowest BCUT2D eigenvalue weighted by molar-refractivity contribution is -0.122. The second kappa shape index (κ2) is 9.24. The van der Waals surface area contributed by atoms with Crippen molar-refractivity contribution in [2.45, 2.75) is 12.1 Å². The summed E-state index contributed by atoms with van der Waals surface area (Å²) in [5.41, 5.74) is 1.59. The van der Waals surface area contributed by atoms with Crippen molar-refractivity contribution in [1.29, 1.82) is 5.41 Å². The molecule has 184 valence electrons. The molecule has 3 aromatic rings. The van der Waals surface area contributed by atoms with Gasteiger partial charge in [-0.05, 0) is 54.1 Å². The molecule has 2 heterocycles. The van der Waals surface area contributed by atoms with Crippen LogP contribution in [0.3, 0.4) is 0 Å². The van der Waals surface area contributed by atoms with Gasteiger partial charge in [0.25, 0.3) is 11.8 Å². The minimum atomic E-state index is -1.63. The molecule has 1 atom stereocenters. The van der Waals surface area contributed by atoms with E-state index in [1.165, 1.54) is 36.3 Å². The highest BCUT2D eigenvalue weighted by Crippen LogP contribution is 2.28. The fourth-order valence-corrected chi connectivity index (χ4v) is 4.29. The molecule has 2 aliphatic heterocycles. The summed E-state index contributed by atoms with van der Waals surface area (Å²) in [7, 11) is 1.51. The predicted molar refractivity (Wildman–Crippen MR) is 133 cm³/mol. The zero-order chi connectivity index (χ0) is 26.2. The largest absolute Gasteiger partial charge is 0.497 e. The number of fused-ring (bicyclic) bond motifs is 1. The van der Waals surface area contributed by atoms with Crippen molar-refractivity contribution in [2.75, 3.05) is 13.7 Å². The summed E-state index contributed by atoms with van der Waals surface area (Å²) in [5, 5.41) is 13.1. The molecular weight excluding hydrogens is 475 g/mol. The van der Waals surface area contributed by atoms with E-state index in [1.54, 1.807) is 42.5 Å². The van der Waals surface area contributed by atoms with Crippen molar-refractivity contribution in [3.8, 4) is 17.6 Å². The molecule has 1 saturated heterocycles. The number of amides is 4. The average molecular weight is 496 g/mol. The van der Waals surface area contributed by atoms with E-state index in [0.717, 1.165) is 5.56 Å². The molecule has 1 unspecified atom stereocenters. The summed E-state index contributed by atoms with van der Waals surface area (Å²) < 4.78 is 18.4. The Balaban J connectivity index is 1.38. The topological polar surface area (TPSA) is 112 Å². The van der Waals surface area contributed by atoms with Crippen LogP contribution < -0.4 is 15.4 Å². The molecule has 0 bridgehead atoms. The Hall–Kier alpha value is -4.97. The van der Waals surface area contributed by atoms with Crippen molar-refractivity contribution in [1.82, 2.24) is 15.5 Å². The van der Waals surface area contributed by atoms with Crippen molar-refractivity contribution in [3.63, 3.8) is 0 Å². The first-order chi connectivity index (χ1) is 17.8. The Morgan fingerprint density at radius 2 is 1.73 bits per heavy atom. The number of urea groups is 1. The van der Waals surface area contributed by atoms with Gasteiger partial charge in [-0.2, -0.15) is 0 Å². The molecule has 3 N–H and O–H groups in total. The molecule has 0 aromatic heterocycles. The predicted octanol–water partition coefficient (Wildman–Crippen LogP) is 2.84. The van der Waals surface area contributed by atoms with Gasteiger partial charge in [0, 0.05) is 28.8 Å². The summed E-state index contributed by atoms with van der Waals surface area (Å²) in [5.74, 6) is 5.03. The van der Waals surface area contributed by atoms with Crippen LogP contribution in [0.2, 0.25) is 0 Å². The third-order valence-electron chi connectivity index (χ3n) is 6.29. The van der Waals surface area contributed by atoms with Gasteiger partial charge in [-0.3, -0.25) is 20.3 Å². The molecule has 5 rings (SSSR count). The number of benzene rings is 3. The number of hydrogen-bond acceptors (Lipinski definition) is 5. The lowest BCUT2D eigenvalue weighted by atomic mass is 9.98. The van der Waals surface area contributed by atoms with Gasteiger partial charge >= 0.3 is 6.03 Å². The second-order valence-corrected chi connectivity index (χ2v) is 8.71. The van der Waals surface area contributed by atoms with Crippen LogP contribution in [0, 0.1) is 23.1 Å². The van der Waals surface area contributed by atoms with Crippen LogP contribution in [0.4, 0.5) is 9.18 Å². The van der Waals surface area contributed by atoms with E-state index in [9.17, 15) is 18.8 Å². The minimum absolute atomic E-state index is 0.138. The molecular formula is C28H21FN4O4. The lowest BCUT2D eigenvalue weighted by Crippen LogP contribution is -2.54. The molecule has 0 radical (unpaired) electrons. The van der Waals surface area contributed by atoms with E-state index < -0.39 is 17.5 Å². The van der Waals surface area contributed by atoms with E-state index >= 15 is 0 Å². The summed E-state index contributed by atoms with van der Waals surface area (Å²) in [6, 6.07) is 16.9. The van der Waals surface area contributed by atoms with E-state index in [4.69, 9.17) is 10.1 Å². The smallest absolute Gasteiger partial charge is 0.323 e. The van der Waals surface area contributed by atoms with Gasteiger partial charge < -0.3 is 15.0 Å². The minimum Gasteiger partial charge on any atom is -0.497 e. The number of carbonyl (C=O) groups is 3. The number of imide groups is 1.